The molecule has 20 heavy (non-hydrogen) atoms. The summed E-state index contributed by atoms with van der Waals surface area (Å²) in [6.45, 7) is 0. The van der Waals surface area contributed by atoms with Crippen molar-refractivity contribution >= 4 is 21.9 Å². The highest BCUT2D eigenvalue weighted by Crippen LogP contribution is 2.44. The Morgan fingerprint density at radius 2 is 1.40 bits per heavy atom. The van der Waals surface area contributed by atoms with Gasteiger partial charge in [0.15, 0.2) is 23.3 Å². The van der Waals surface area contributed by atoms with Crippen molar-refractivity contribution in [2.75, 3.05) is 0 Å². The van der Waals surface area contributed by atoms with Crippen molar-refractivity contribution in [3.05, 3.63) is 33.3 Å². The number of rotatable bonds is 2. The Bertz CT molecular complexity index is 539. The normalized spacial score (nSPS) is 18.1. The molecule has 0 bridgehead atoms. The molecule has 2 nitrogen and oxygen atoms in total. The minimum atomic E-state index is -1.91. The first-order chi connectivity index (χ1) is 9.33. The summed E-state index contributed by atoms with van der Waals surface area (Å²) in [5.74, 6) is -7.95. The van der Waals surface area contributed by atoms with E-state index in [1.165, 1.54) is 0 Å². The highest BCUT2D eigenvalue weighted by Gasteiger charge is 2.47. The fourth-order valence-corrected chi connectivity index (χ4v) is 3.10. The van der Waals surface area contributed by atoms with Gasteiger partial charge in [-0.3, -0.25) is 4.79 Å². The number of carbonyl (C=O) groups is 1. The molecule has 1 fully saturated rings. The van der Waals surface area contributed by atoms with Crippen LogP contribution in [-0.4, -0.2) is 11.1 Å². The topological polar surface area (TPSA) is 37.3 Å². The third-order valence-corrected chi connectivity index (χ3v) is 4.50. The van der Waals surface area contributed by atoms with Gasteiger partial charge < -0.3 is 5.11 Å². The number of hydrogen-bond acceptors (Lipinski definition) is 1. The SMILES string of the molecule is O=C(O)C1(c2c(F)c(F)c(Br)c(F)c2F)CCCCC1. The summed E-state index contributed by atoms with van der Waals surface area (Å²) in [5.41, 5.74) is -2.92. The van der Waals surface area contributed by atoms with E-state index in [9.17, 15) is 27.5 Å². The van der Waals surface area contributed by atoms with Crippen LogP contribution in [0.2, 0.25) is 0 Å². The van der Waals surface area contributed by atoms with Gasteiger partial charge in [-0.05, 0) is 28.8 Å². The van der Waals surface area contributed by atoms with Crippen LogP contribution in [0.15, 0.2) is 4.47 Å². The fraction of sp³-hybridized carbons (Fsp3) is 0.462. The molecule has 110 valence electrons. The molecule has 0 spiro atoms. The highest BCUT2D eigenvalue weighted by molar-refractivity contribution is 9.10. The van der Waals surface area contributed by atoms with Gasteiger partial charge in [0, 0.05) is 5.56 Å². The summed E-state index contributed by atoms with van der Waals surface area (Å²) >= 11 is 2.42. The molecular weight excluding hydrogens is 344 g/mol. The van der Waals surface area contributed by atoms with Gasteiger partial charge in [-0.2, -0.15) is 0 Å². The molecule has 0 aromatic heterocycles. The number of aliphatic carboxylic acids is 1. The van der Waals surface area contributed by atoms with Gasteiger partial charge in [-0.25, -0.2) is 17.6 Å². The first-order valence-corrected chi connectivity index (χ1v) is 6.87. The maximum Gasteiger partial charge on any atom is 0.314 e. The monoisotopic (exact) mass is 354 g/mol. The van der Waals surface area contributed by atoms with E-state index in [2.05, 4.69) is 15.9 Å². The number of benzene rings is 1. The molecule has 1 aromatic carbocycles. The molecule has 1 saturated carbocycles. The Hall–Kier alpha value is -1.11. The minimum absolute atomic E-state index is 0.0450. The van der Waals surface area contributed by atoms with Gasteiger partial charge in [-0.1, -0.05) is 19.3 Å². The fourth-order valence-electron chi connectivity index (χ4n) is 2.75. The summed E-state index contributed by atoms with van der Waals surface area (Å²) in [4.78, 5) is 11.5. The van der Waals surface area contributed by atoms with Crippen molar-refractivity contribution < 1.29 is 27.5 Å². The third kappa shape index (κ3) is 2.12. The lowest BCUT2D eigenvalue weighted by Crippen LogP contribution is -2.40. The zero-order valence-corrected chi connectivity index (χ0v) is 11.9. The van der Waals surface area contributed by atoms with E-state index < -0.39 is 44.7 Å². The predicted octanol–water partition coefficient (Wildman–Crippen LogP) is 4.29. The first kappa shape index (κ1) is 15.3. The Balaban J connectivity index is 2.75. The molecule has 1 N–H and O–H groups in total. The van der Waals surface area contributed by atoms with E-state index in [1.807, 2.05) is 0 Å². The zero-order valence-electron chi connectivity index (χ0n) is 10.3. The molecule has 7 heteroatoms. The second-order valence-corrected chi connectivity index (χ2v) is 5.69. The zero-order chi connectivity index (χ0) is 15.1. The van der Waals surface area contributed by atoms with Crippen LogP contribution >= 0.6 is 15.9 Å². The molecule has 2 rings (SSSR count). The molecule has 0 saturated heterocycles. The van der Waals surface area contributed by atoms with Gasteiger partial charge >= 0.3 is 5.97 Å². The number of halogens is 5. The van der Waals surface area contributed by atoms with E-state index in [4.69, 9.17) is 0 Å². The summed E-state index contributed by atoms with van der Waals surface area (Å²) in [7, 11) is 0. The van der Waals surface area contributed by atoms with Crippen LogP contribution in [0.3, 0.4) is 0 Å². The van der Waals surface area contributed by atoms with Crippen LogP contribution in [0.5, 0.6) is 0 Å². The Morgan fingerprint density at radius 1 is 0.950 bits per heavy atom. The van der Waals surface area contributed by atoms with Crippen molar-refractivity contribution in [1.29, 1.82) is 0 Å². The third-order valence-electron chi connectivity index (χ3n) is 3.80. The second kappa shape index (κ2) is 5.35. The maximum atomic E-state index is 14.0. The van der Waals surface area contributed by atoms with Crippen LogP contribution in [0, 0.1) is 23.3 Å². The Labute approximate surface area is 120 Å². The molecule has 1 aliphatic rings. The summed E-state index contributed by atoms with van der Waals surface area (Å²) in [5, 5.41) is 9.35. The number of carboxylic acids is 1. The number of hydrogen-bond donors (Lipinski definition) is 1. The van der Waals surface area contributed by atoms with Gasteiger partial charge in [-0.15, -0.1) is 0 Å². The quantitative estimate of drug-likeness (QED) is 0.488. The van der Waals surface area contributed by atoms with Crippen LogP contribution in [-0.2, 0) is 10.2 Å². The van der Waals surface area contributed by atoms with Crippen LogP contribution in [0.4, 0.5) is 17.6 Å². The van der Waals surface area contributed by atoms with Crippen LogP contribution < -0.4 is 0 Å². The van der Waals surface area contributed by atoms with E-state index >= 15 is 0 Å². The molecule has 0 radical (unpaired) electrons. The van der Waals surface area contributed by atoms with Gasteiger partial charge in [0.05, 0.1) is 9.89 Å². The van der Waals surface area contributed by atoms with Crippen molar-refractivity contribution in [3.63, 3.8) is 0 Å². The van der Waals surface area contributed by atoms with E-state index in [1.54, 1.807) is 0 Å². The molecule has 0 unspecified atom stereocenters. The number of carboxylic acid groups (broad SMARTS) is 1. The van der Waals surface area contributed by atoms with Gasteiger partial charge in [0.2, 0.25) is 0 Å². The molecule has 0 heterocycles. The lowest BCUT2D eigenvalue weighted by atomic mass is 9.69. The first-order valence-electron chi connectivity index (χ1n) is 6.08. The average molecular weight is 355 g/mol. The Kier molecular flexibility index (Phi) is 4.09. The van der Waals surface area contributed by atoms with Gasteiger partial charge in [0.1, 0.15) is 0 Å². The average Bonchev–Trinajstić information content (AvgIpc) is 2.44. The summed E-state index contributed by atoms with van der Waals surface area (Å²) in [6.07, 6.45) is 1.50. The molecule has 1 aromatic rings. The minimum Gasteiger partial charge on any atom is -0.481 e. The van der Waals surface area contributed by atoms with E-state index in [0.717, 1.165) is 6.42 Å². The highest BCUT2D eigenvalue weighted by atomic mass is 79.9. The Morgan fingerprint density at radius 3 is 1.80 bits per heavy atom. The summed E-state index contributed by atoms with van der Waals surface area (Å²) < 4.78 is 54.3. The van der Waals surface area contributed by atoms with Gasteiger partial charge in [0.25, 0.3) is 0 Å². The largest absolute Gasteiger partial charge is 0.481 e. The van der Waals surface area contributed by atoms with E-state index in [0.29, 0.717) is 12.8 Å². The second-order valence-electron chi connectivity index (χ2n) is 4.89. The molecule has 0 amide bonds. The standard InChI is InChI=1S/C13H11BrF4O2/c14-7-10(17)8(15)6(9(16)11(7)18)13(12(19)20)4-2-1-3-5-13/h1-5H2,(H,19,20). The van der Waals surface area contributed by atoms with E-state index in [-0.39, 0.29) is 12.8 Å². The molecule has 0 atom stereocenters. The smallest absolute Gasteiger partial charge is 0.314 e. The predicted molar refractivity (Wildman–Crippen MR) is 66.4 cm³/mol. The summed E-state index contributed by atoms with van der Waals surface area (Å²) in [6, 6.07) is 0. The van der Waals surface area contributed by atoms with Crippen LogP contribution in [0.1, 0.15) is 37.7 Å². The van der Waals surface area contributed by atoms with Crippen molar-refractivity contribution in [1.82, 2.24) is 0 Å². The maximum absolute atomic E-state index is 14.0. The lowest BCUT2D eigenvalue weighted by molar-refractivity contribution is -0.145. The molecule has 1 aliphatic carbocycles. The van der Waals surface area contributed by atoms with Crippen molar-refractivity contribution in [2.45, 2.75) is 37.5 Å². The molecule has 0 aliphatic heterocycles. The van der Waals surface area contributed by atoms with Crippen molar-refractivity contribution in [3.8, 4) is 0 Å². The lowest BCUT2D eigenvalue weighted by Gasteiger charge is -2.34. The molecular formula is C13H11BrF4O2. The van der Waals surface area contributed by atoms with Crippen LogP contribution in [0.25, 0.3) is 0 Å². The van der Waals surface area contributed by atoms with Crippen molar-refractivity contribution in [2.24, 2.45) is 0 Å².